The van der Waals surface area contributed by atoms with Crippen molar-refractivity contribution in [3.05, 3.63) is 66.2 Å². The largest absolute Gasteiger partial charge is 0.371 e. The van der Waals surface area contributed by atoms with E-state index in [9.17, 15) is 0 Å². The van der Waals surface area contributed by atoms with Crippen molar-refractivity contribution in [2.75, 3.05) is 5.32 Å². The summed E-state index contributed by atoms with van der Waals surface area (Å²) in [7, 11) is 0. The van der Waals surface area contributed by atoms with Gasteiger partial charge in [0, 0.05) is 9.75 Å². The fourth-order valence-corrected chi connectivity index (χ4v) is 4.24. The highest BCUT2D eigenvalue weighted by Crippen LogP contribution is 2.35. The second kappa shape index (κ2) is 6.48. The Morgan fingerprint density at radius 3 is 2.76 bits per heavy atom. The van der Waals surface area contributed by atoms with Crippen LogP contribution in [-0.4, -0.2) is 4.98 Å². The number of aryl methyl sites for hydroxylation is 1. The summed E-state index contributed by atoms with van der Waals surface area (Å²) in [5, 5.41) is 5.65. The smallest absolute Gasteiger partial charge is 0.109 e. The van der Waals surface area contributed by atoms with Gasteiger partial charge in [-0.2, -0.15) is 0 Å². The zero-order chi connectivity index (χ0) is 14.8. The van der Waals surface area contributed by atoms with Gasteiger partial charge < -0.3 is 5.32 Å². The lowest BCUT2D eigenvalue weighted by Gasteiger charge is -2.18. The molecule has 1 N–H and O–H groups in total. The molecule has 2 nitrogen and oxygen atoms in total. The lowest BCUT2D eigenvalue weighted by atomic mass is 10.2. The van der Waals surface area contributed by atoms with Crippen LogP contribution in [0.5, 0.6) is 0 Å². The van der Waals surface area contributed by atoms with Crippen molar-refractivity contribution in [2.45, 2.75) is 13.0 Å². The van der Waals surface area contributed by atoms with Gasteiger partial charge in [0.05, 0.1) is 22.3 Å². The van der Waals surface area contributed by atoms with Gasteiger partial charge >= 0.3 is 0 Å². The van der Waals surface area contributed by atoms with Gasteiger partial charge in [0.2, 0.25) is 0 Å². The van der Waals surface area contributed by atoms with E-state index in [-0.39, 0.29) is 6.04 Å². The number of hydrogen-bond acceptors (Lipinski definition) is 4. The van der Waals surface area contributed by atoms with Gasteiger partial charge in [-0.15, -0.1) is 22.7 Å². The van der Waals surface area contributed by atoms with Crippen LogP contribution in [0.15, 0.2) is 46.5 Å². The van der Waals surface area contributed by atoms with E-state index in [4.69, 9.17) is 11.6 Å². The number of hydrogen-bond donors (Lipinski definition) is 1. The summed E-state index contributed by atoms with van der Waals surface area (Å²) in [5.41, 5.74) is 2.10. The predicted octanol–water partition coefficient (Wildman–Crippen LogP) is 6.13. The molecule has 108 valence electrons. The summed E-state index contributed by atoms with van der Waals surface area (Å²) in [6.45, 7) is 2.03. The lowest BCUT2D eigenvalue weighted by Crippen LogP contribution is -2.10. The summed E-state index contributed by atoms with van der Waals surface area (Å²) in [4.78, 5) is 6.80. The molecule has 6 heteroatoms. The van der Waals surface area contributed by atoms with E-state index in [0.717, 1.165) is 20.2 Å². The van der Waals surface area contributed by atoms with Crippen LogP contribution in [0.2, 0.25) is 4.34 Å². The molecule has 1 atom stereocenters. The number of nitrogens with one attached hydrogen (secondary N) is 1. The predicted molar refractivity (Wildman–Crippen MR) is 95.8 cm³/mol. The first-order chi connectivity index (χ1) is 10.1. The molecule has 1 unspecified atom stereocenters. The normalized spacial score (nSPS) is 12.3. The highest BCUT2D eigenvalue weighted by molar-refractivity contribution is 9.10. The number of anilines is 1. The topological polar surface area (TPSA) is 24.9 Å². The Morgan fingerprint density at radius 1 is 1.29 bits per heavy atom. The van der Waals surface area contributed by atoms with Crippen LogP contribution in [0.1, 0.15) is 21.4 Å². The fraction of sp³-hybridized carbons (Fsp3) is 0.133. The van der Waals surface area contributed by atoms with E-state index >= 15 is 0 Å². The molecule has 21 heavy (non-hydrogen) atoms. The second-order valence-corrected chi connectivity index (χ2v) is 8.04. The van der Waals surface area contributed by atoms with Crippen LogP contribution in [0, 0.1) is 6.92 Å². The first-order valence-electron chi connectivity index (χ1n) is 6.31. The van der Waals surface area contributed by atoms with Crippen molar-refractivity contribution in [3.8, 4) is 0 Å². The van der Waals surface area contributed by atoms with Gasteiger partial charge in [0.25, 0.3) is 0 Å². The first-order valence-corrected chi connectivity index (χ1v) is 9.17. The van der Waals surface area contributed by atoms with Crippen LogP contribution in [0.3, 0.4) is 0 Å². The van der Waals surface area contributed by atoms with Crippen molar-refractivity contribution in [2.24, 2.45) is 0 Å². The molecule has 0 aromatic carbocycles. The number of pyridine rings is 1. The molecular weight excluding hydrogens is 388 g/mol. The van der Waals surface area contributed by atoms with Crippen LogP contribution in [-0.2, 0) is 0 Å². The lowest BCUT2D eigenvalue weighted by molar-refractivity contribution is 0.986. The Hall–Kier alpha value is -0.880. The van der Waals surface area contributed by atoms with Crippen molar-refractivity contribution in [1.82, 2.24) is 4.98 Å². The van der Waals surface area contributed by atoms with Crippen LogP contribution in [0.25, 0.3) is 0 Å². The number of aromatic nitrogens is 1. The first kappa shape index (κ1) is 15.0. The minimum atomic E-state index is 0.102. The number of rotatable bonds is 4. The van der Waals surface area contributed by atoms with Gasteiger partial charge in [-0.3, -0.25) is 0 Å². The Morgan fingerprint density at radius 2 is 2.14 bits per heavy atom. The summed E-state index contributed by atoms with van der Waals surface area (Å²) in [5.74, 6) is 0. The highest BCUT2D eigenvalue weighted by atomic mass is 79.9. The Labute approximate surface area is 144 Å². The summed E-state index contributed by atoms with van der Waals surface area (Å²) in [6.07, 6.45) is 1.84. The van der Waals surface area contributed by atoms with Gasteiger partial charge in [-0.25, -0.2) is 4.98 Å². The van der Waals surface area contributed by atoms with Crippen LogP contribution in [0.4, 0.5) is 5.69 Å². The maximum absolute atomic E-state index is 6.09. The Kier molecular flexibility index (Phi) is 4.64. The molecule has 0 aliphatic heterocycles. The average molecular weight is 400 g/mol. The third-order valence-corrected chi connectivity index (χ3v) is 6.09. The minimum absolute atomic E-state index is 0.102. The number of nitrogens with zero attached hydrogens (tertiary/aromatic N) is 1. The van der Waals surface area contributed by atoms with Crippen molar-refractivity contribution < 1.29 is 0 Å². The van der Waals surface area contributed by atoms with Crippen molar-refractivity contribution in [1.29, 1.82) is 0 Å². The molecule has 0 fully saturated rings. The summed E-state index contributed by atoms with van der Waals surface area (Å²) < 4.78 is 1.68. The third kappa shape index (κ3) is 3.48. The fourth-order valence-electron chi connectivity index (χ4n) is 2.03. The molecule has 3 aromatic rings. The van der Waals surface area contributed by atoms with Crippen molar-refractivity contribution in [3.63, 3.8) is 0 Å². The number of thiophene rings is 2. The Balaban J connectivity index is 1.94. The van der Waals surface area contributed by atoms with E-state index in [2.05, 4.69) is 55.9 Å². The van der Waals surface area contributed by atoms with E-state index in [1.807, 2.05) is 19.2 Å². The van der Waals surface area contributed by atoms with E-state index in [1.54, 1.807) is 22.7 Å². The highest BCUT2D eigenvalue weighted by Gasteiger charge is 2.17. The van der Waals surface area contributed by atoms with E-state index < -0.39 is 0 Å². The standard InChI is InChI=1S/C15H12BrClN2S2/c1-9-7-10(8-18-15(9)16)19-14(11-3-2-6-20-11)12-4-5-13(17)21-12/h2-8,14,19H,1H3. The summed E-state index contributed by atoms with van der Waals surface area (Å²) in [6, 6.07) is 10.4. The van der Waals surface area contributed by atoms with Crippen LogP contribution < -0.4 is 5.32 Å². The van der Waals surface area contributed by atoms with E-state index in [1.165, 1.54) is 9.75 Å². The SMILES string of the molecule is Cc1cc(NC(c2cccs2)c2ccc(Cl)s2)cnc1Br. The van der Waals surface area contributed by atoms with Gasteiger partial charge in [-0.1, -0.05) is 17.7 Å². The van der Waals surface area contributed by atoms with Gasteiger partial charge in [0.15, 0.2) is 0 Å². The maximum Gasteiger partial charge on any atom is 0.109 e. The van der Waals surface area contributed by atoms with Gasteiger partial charge in [0.1, 0.15) is 4.60 Å². The van der Waals surface area contributed by atoms with Crippen molar-refractivity contribution >= 4 is 55.9 Å². The molecular formula is C15H12BrClN2S2. The quantitative estimate of drug-likeness (QED) is 0.534. The minimum Gasteiger partial charge on any atom is -0.371 e. The molecule has 0 saturated heterocycles. The van der Waals surface area contributed by atoms with E-state index in [0.29, 0.717) is 0 Å². The molecule has 0 bridgehead atoms. The maximum atomic E-state index is 6.09. The molecule has 3 heterocycles. The molecule has 3 aromatic heterocycles. The second-order valence-electron chi connectivity index (χ2n) is 4.57. The van der Waals surface area contributed by atoms with Crippen LogP contribution >= 0.6 is 50.2 Å². The third-order valence-electron chi connectivity index (χ3n) is 3.03. The zero-order valence-electron chi connectivity index (χ0n) is 11.1. The monoisotopic (exact) mass is 398 g/mol. The molecule has 3 rings (SSSR count). The molecule has 0 saturated carbocycles. The average Bonchev–Trinajstić information content (AvgIpc) is 3.11. The molecule has 0 aliphatic carbocycles. The van der Waals surface area contributed by atoms with Gasteiger partial charge in [-0.05, 0) is 58.1 Å². The zero-order valence-corrected chi connectivity index (χ0v) is 15.1. The Bertz CT molecular complexity index is 740. The summed E-state index contributed by atoms with van der Waals surface area (Å²) >= 11 is 12.9. The molecule has 0 aliphatic rings. The molecule has 0 amide bonds. The number of halogens is 2. The molecule has 0 spiro atoms. The molecule has 0 radical (unpaired) electrons.